The lowest BCUT2D eigenvalue weighted by Crippen LogP contribution is -2.53. The maximum Gasteiger partial charge on any atom is 0.232 e. The molecule has 2 fully saturated rings. The summed E-state index contributed by atoms with van der Waals surface area (Å²) in [4.78, 5) is 14.7. The molecule has 0 bridgehead atoms. The molecule has 2 saturated heterocycles. The molecule has 21 heavy (non-hydrogen) atoms. The largest absolute Gasteiger partial charge is 0.379 e. The molecule has 2 N–H and O–H groups in total. The number of hydrogen-bond acceptors (Lipinski definition) is 3. The second-order valence-corrected chi connectivity index (χ2v) is 6.52. The van der Waals surface area contributed by atoms with Crippen LogP contribution in [0, 0.1) is 5.41 Å². The topological polar surface area (TPSA) is 55.6 Å². The number of hydrogen-bond donors (Lipinski definition) is 1. The highest BCUT2D eigenvalue weighted by Crippen LogP contribution is 2.33. The lowest BCUT2D eigenvalue weighted by atomic mass is 9.82. The van der Waals surface area contributed by atoms with E-state index in [0.29, 0.717) is 19.1 Å². The zero-order valence-corrected chi connectivity index (χ0v) is 12.6. The Bertz CT molecular complexity index is 497. The van der Waals surface area contributed by atoms with Crippen LogP contribution < -0.4 is 5.73 Å². The molecule has 0 spiro atoms. The van der Waals surface area contributed by atoms with Crippen molar-refractivity contribution in [3.63, 3.8) is 0 Å². The van der Waals surface area contributed by atoms with Gasteiger partial charge in [-0.1, -0.05) is 30.3 Å². The van der Waals surface area contributed by atoms with Crippen LogP contribution in [0.4, 0.5) is 0 Å². The first kappa shape index (κ1) is 14.5. The maximum absolute atomic E-state index is 12.7. The molecule has 2 atom stereocenters. The fraction of sp³-hybridized carbons (Fsp3) is 0.588. The molecule has 2 heterocycles. The summed E-state index contributed by atoms with van der Waals surface area (Å²) in [6, 6.07) is 10.4. The van der Waals surface area contributed by atoms with Crippen LogP contribution in [-0.2, 0) is 9.53 Å². The Morgan fingerprint density at radius 1 is 1.29 bits per heavy atom. The van der Waals surface area contributed by atoms with Crippen molar-refractivity contribution in [3.05, 3.63) is 35.9 Å². The van der Waals surface area contributed by atoms with Crippen molar-refractivity contribution in [1.82, 2.24) is 4.90 Å². The van der Waals surface area contributed by atoms with Crippen molar-refractivity contribution in [2.45, 2.75) is 31.7 Å². The van der Waals surface area contributed by atoms with Crippen LogP contribution >= 0.6 is 0 Å². The third-order valence-corrected chi connectivity index (χ3v) is 5.06. The van der Waals surface area contributed by atoms with Crippen LogP contribution in [0.3, 0.4) is 0 Å². The van der Waals surface area contributed by atoms with E-state index in [1.165, 1.54) is 5.56 Å². The summed E-state index contributed by atoms with van der Waals surface area (Å²) in [6.07, 6.45) is 2.06. The van der Waals surface area contributed by atoms with Gasteiger partial charge in [0, 0.05) is 19.1 Å². The molecule has 0 radical (unpaired) electrons. The van der Waals surface area contributed by atoms with Crippen LogP contribution in [0.2, 0.25) is 0 Å². The van der Waals surface area contributed by atoms with Crippen molar-refractivity contribution in [2.24, 2.45) is 11.1 Å². The van der Waals surface area contributed by atoms with Crippen LogP contribution in [0.15, 0.2) is 30.3 Å². The molecule has 4 heteroatoms. The lowest BCUT2D eigenvalue weighted by Gasteiger charge is -2.37. The molecule has 2 unspecified atom stereocenters. The third-order valence-electron chi connectivity index (χ3n) is 5.06. The van der Waals surface area contributed by atoms with Crippen LogP contribution in [0.1, 0.15) is 31.2 Å². The number of carbonyl (C=O) groups is 1. The number of likely N-dealkylation sites (tertiary alicyclic amines) is 1. The summed E-state index contributed by atoms with van der Waals surface area (Å²) in [5.74, 6) is 0.732. The first-order valence-corrected chi connectivity index (χ1v) is 7.79. The van der Waals surface area contributed by atoms with Gasteiger partial charge in [0.05, 0.1) is 18.6 Å². The standard InChI is InChI=1S/C17H24N2O2/c1-17(12-21-11-15(17)18)16(20)19-9-7-14(8-10-19)13-5-3-2-4-6-13/h2-6,14-15H,7-12,18H2,1H3. The number of nitrogens with zero attached hydrogens (tertiary/aromatic N) is 1. The fourth-order valence-electron chi connectivity index (χ4n) is 3.41. The minimum Gasteiger partial charge on any atom is -0.379 e. The van der Waals surface area contributed by atoms with Crippen molar-refractivity contribution < 1.29 is 9.53 Å². The maximum atomic E-state index is 12.7. The molecule has 1 aromatic carbocycles. The monoisotopic (exact) mass is 288 g/mol. The second kappa shape index (κ2) is 5.78. The Balaban J connectivity index is 1.62. The fourth-order valence-corrected chi connectivity index (χ4v) is 3.41. The van der Waals surface area contributed by atoms with Gasteiger partial charge in [0.1, 0.15) is 0 Å². The summed E-state index contributed by atoms with van der Waals surface area (Å²) in [5, 5.41) is 0. The van der Waals surface area contributed by atoms with Gasteiger partial charge in [-0.25, -0.2) is 0 Å². The van der Waals surface area contributed by atoms with Gasteiger partial charge < -0.3 is 15.4 Å². The van der Waals surface area contributed by atoms with Gasteiger partial charge in [0.25, 0.3) is 0 Å². The number of amides is 1. The summed E-state index contributed by atoms with van der Waals surface area (Å²) in [6.45, 7) is 4.52. The van der Waals surface area contributed by atoms with Gasteiger partial charge >= 0.3 is 0 Å². The van der Waals surface area contributed by atoms with E-state index in [9.17, 15) is 4.79 Å². The Morgan fingerprint density at radius 3 is 2.52 bits per heavy atom. The van der Waals surface area contributed by atoms with E-state index in [0.717, 1.165) is 25.9 Å². The van der Waals surface area contributed by atoms with Crippen molar-refractivity contribution >= 4 is 5.91 Å². The summed E-state index contributed by atoms with van der Waals surface area (Å²) in [7, 11) is 0. The van der Waals surface area contributed by atoms with Gasteiger partial charge in [0.15, 0.2) is 0 Å². The Labute approximate surface area is 126 Å². The molecule has 0 aromatic heterocycles. The average molecular weight is 288 g/mol. The molecule has 3 rings (SSSR count). The van der Waals surface area contributed by atoms with Gasteiger partial charge in [-0.2, -0.15) is 0 Å². The average Bonchev–Trinajstić information content (AvgIpc) is 2.88. The zero-order chi connectivity index (χ0) is 14.9. The highest BCUT2D eigenvalue weighted by molar-refractivity contribution is 5.83. The highest BCUT2D eigenvalue weighted by atomic mass is 16.5. The molecule has 1 aromatic rings. The quantitative estimate of drug-likeness (QED) is 0.902. The summed E-state index contributed by atoms with van der Waals surface area (Å²) >= 11 is 0. The molecule has 1 amide bonds. The third kappa shape index (κ3) is 2.70. The van der Waals surface area contributed by atoms with Crippen LogP contribution in [0.5, 0.6) is 0 Å². The summed E-state index contributed by atoms with van der Waals surface area (Å²) in [5.41, 5.74) is 6.91. The van der Waals surface area contributed by atoms with E-state index in [1.54, 1.807) is 0 Å². The number of rotatable bonds is 2. The van der Waals surface area contributed by atoms with Crippen molar-refractivity contribution in [2.75, 3.05) is 26.3 Å². The predicted octanol–water partition coefficient (Wildman–Crippen LogP) is 1.76. The first-order valence-electron chi connectivity index (χ1n) is 7.79. The van der Waals surface area contributed by atoms with Crippen molar-refractivity contribution in [1.29, 1.82) is 0 Å². The summed E-state index contributed by atoms with van der Waals surface area (Å²) < 4.78 is 5.40. The number of ether oxygens (including phenoxy) is 1. The normalized spacial score (nSPS) is 30.6. The Hall–Kier alpha value is -1.39. The molecule has 2 aliphatic rings. The molecular weight excluding hydrogens is 264 g/mol. The zero-order valence-electron chi connectivity index (χ0n) is 12.6. The molecular formula is C17H24N2O2. The van der Waals surface area contributed by atoms with E-state index in [-0.39, 0.29) is 11.9 Å². The van der Waals surface area contributed by atoms with E-state index >= 15 is 0 Å². The molecule has 114 valence electrons. The van der Waals surface area contributed by atoms with Crippen LogP contribution in [0.25, 0.3) is 0 Å². The number of benzene rings is 1. The van der Waals surface area contributed by atoms with E-state index in [1.807, 2.05) is 17.9 Å². The van der Waals surface area contributed by atoms with Gasteiger partial charge in [-0.15, -0.1) is 0 Å². The van der Waals surface area contributed by atoms with Gasteiger partial charge in [-0.05, 0) is 31.2 Å². The SMILES string of the molecule is CC1(C(=O)N2CCC(c3ccccc3)CC2)COCC1N. The molecule has 0 aliphatic carbocycles. The molecule has 0 saturated carbocycles. The smallest absolute Gasteiger partial charge is 0.232 e. The number of nitrogens with two attached hydrogens (primary N) is 1. The Kier molecular flexibility index (Phi) is 4.00. The first-order chi connectivity index (χ1) is 10.1. The number of piperidine rings is 1. The second-order valence-electron chi connectivity index (χ2n) is 6.52. The molecule has 2 aliphatic heterocycles. The minimum atomic E-state index is -0.542. The Morgan fingerprint density at radius 2 is 1.95 bits per heavy atom. The van der Waals surface area contributed by atoms with E-state index in [4.69, 9.17) is 10.5 Å². The van der Waals surface area contributed by atoms with Gasteiger partial charge in [0.2, 0.25) is 5.91 Å². The van der Waals surface area contributed by atoms with E-state index < -0.39 is 5.41 Å². The highest BCUT2D eigenvalue weighted by Gasteiger charge is 2.46. The van der Waals surface area contributed by atoms with Crippen molar-refractivity contribution in [3.8, 4) is 0 Å². The molecule has 4 nitrogen and oxygen atoms in total. The minimum absolute atomic E-state index is 0.166. The van der Waals surface area contributed by atoms with Crippen LogP contribution in [-0.4, -0.2) is 43.2 Å². The lowest BCUT2D eigenvalue weighted by molar-refractivity contribution is -0.142. The van der Waals surface area contributed by atoms with E-state index in [2.05, 4.69) is 24.3 Å². The predicted molar refractivity (Wildman–Crippen MR) is 81.9 cm³/mol. The van der Waals surface area contributed by atoms with Gasteiger partial charge in [-0.3, -0.25) is 4.79 Å². The number of carbonyl (C=O) groups excluding carboxylic acids is 1.